The number of aryl methyl sites for hydroxylation is 1. The molecular formula is C19H16N6O3S. The Morgan fingerprint density at radius 3 is 2.86 bits per heavy atom. The van der Waals surface area contributed by atoms with Gasteiger partial charge in [-0.05, 0) is 37.1 Å². The fourth-order valence-corrected chi connectivity index (χ4v) is 4.50. The third-order valence-corrected chi connectivity index (χ3v) is 6.19. The van der Waals surface area contributed by atoms with Crippen LogP contribution in [0, 0.1) is 6.92 Å². The highest BCUT2D eigenvalue weighted by Gasteiger charge is 2.39. The number of carbonyl (C=O) groups excluding carboxylic acids is 3. The summed E-state index contributed by atoms with van der Waals surface area (Å²) in [6.07, 6.45) is 2.41. The maximum Gasteiger partial charge on any atom is 0.255 e. The highest BCUT2D eigenvalue weighted by Crippen LogP contribution is 2.30. The number of carbonyl (C=O) groups is 3. The minimum Gasteiger partial charge on any atom is -0.322 e. The van der Waals surface area contributed by atoms with Gasteiger partial charge in [-0.3, -0.25) is 19.7 Å². The molecular weight excluding hydrogens is 392 g/mol. The lowest BCUT2D eigenvalue weighted by atomic mass is 10.0. The summed E-state index contributed by atoms with van der Waals surface area (Å²) in [5.74, 6) is -0.903. The number of rotatable bonds is 3. The third-order valence-electron chi connectivity index (χ3n) is 5.24. The van der Waals surface area contributed by atoms with E-state index >= 15 is 0 Å². The molecule has 1 N–H and O–H groups in total. The van der Waals surface area contributed by atoms with Crippen molar-refractivity contribution in [3.8, 4) is 16.3 Å². The average molecular weight is 408 g/mol. The molecule has 5 rings (SSSR count). The molecule has 0 aliphatic carbocycles. The van der Waals surface area contributed by atoms with E-state index in [2.05, 4.69) is 20.6 Å². The third kappa shape index (κ3) is 2.92. The number of thiazole rings is 1. The van der Waals surface area contributed by atoms with E-state index in [1.54, 1.807) is 16.3 Å². The van der Waals surface area contributed by atoms with Gasteiger partial charge in [0.15, 0.2) is 0 Å². The minimum atomic E-state index is -0.622. The SMILES string of the molecule is Cc1ncsc1-c1cn(-c2ccc3c(c2)CN(C2CCC(=O)NC2=O)C3=O)nn1. The van der Waals surface area contributed by atoms with Crippen LogP contribution in [0.5, 0.6) is 0 Å². The predicted molar refractivity (Wildman–Crippen MR) is 103 cm³/mol. The second-order valence-electron chi connectivity index (χ2n) is 7.06. The lowest BCUT2D eigenvalue weighted by Crippen LogP contribution is -2.52. The van der Waals surface area contributed by atoms with Gasteiger partial charge >= 0.3 is 0 Å². The van der Waals surface area contributed by atoms with Crippen LogP contribution in [0.1, 0.15) is 34.5 Å². The van der Waals surface area contributed by atoms with Gasteiger partial charge in [0.05, 0.1) is 28.0 Å². The zero-order valence-electron chi connectivity index (χ0n) is 15.5. The molecule has 0 bridgehead atoms. The molecule has 9 nitrogen and oxygen atoms in total. The van der Waals surface area contributed by atoms with Crippen molar-refractivity contribution >= 4 is 29.1 Å². The van der Waals surface area contributed by atoms with Gasteiger partial charge in [-0.1, -0.05) is 5.21 Å². The maximum atomic E-state index is 12.8. The van der Waals surface area contributed by atoms with Crippen LogP contribution in [0.25, 0.3) is 16.3 Å². The number of piperidine rings is 1. The summed E-state index contributed by atoms with van der Waals surface area (Å²) in [5, 5.41) is 10.7. The van der Waals surface area contributed by atoms with E-state index in [0.29, 0.717) is 18.5 Å². The molecule has 10 heteroatoms. The first-order chi connectivity index (χ1) is 14.0. The number of hydrogen-bond acceptors (Lipinski definition) is 7. The molecule has 0 spiro atoms. The molecule has 1 atom stereocenters. The van der Waals surface area contributed by atoms with Crippen molar-refractivity contribution in [3.05, 3.63) is 46.7 Å². The van der Waals surface area contributed by atoms with Gasteiger partial charge in [-0.25, -0.2) is 9.67 Å². The largest absolute Gasteiger partial charge is 0.322 e. The Kier molecular flexibility index (Phi) is 4.02. The summed E-state index contributed by atoms with van der Waals surface area (Å²) in [6.45, 7) is 2.25. The van der Waals surface area contributed by atoms with Crippen LogP contribution >= 0.6 is 11.3 Å². The Morgan fingerprint density at radius 2 is 2.10 bits per heavy atom. The van der Waals surface area contributed by atoms with E-state index in [1.807, 2.05) is 25.3 Å². The van der Waals surface area contributed by atoms with Crippen molar-refractivity contribution in [1.29, 1.82) is 0 Å². The van der Waals surface area contributed by atoms with Crippen molar-refractivity contribution in [3.63, 3.8) is 0 Å². The standard InChI is InChI=1S/C19H16N6O3S/c1-10-17(29-9-20-10)14-8-25(23-22-14)12-2-3-13-11(6-12)7-24(19(13)28)15-4-5-16(26)21-18(15)27/h2-3,6,8-9,15H,4-5,7H2,1H3,(H,21,26,27). The fraction of sp³-hybridized carbons (Fsp3) is 0.263. The van der Waals surface area contributed by atoms with Crippen molar-refractivity contribution in [2.75, 3.05) is 0 Å². The number of benzene rings is 1. The van der Waals surface area contributed by atoms with Crippen LogP contribution in [0.4, 0.5) is 0 Å². The highest BCUT2D eigenvalue weighted by molar-refractivity contribution is 7.13. The molecule has 1 aromatic carbocycles. The molecule has 1 unspecified atom stereocenters. The van der Waals surface area contributed by atoms with Gasteiger partial charge in [0.1, 0.15) is 11.7 Å². The molecule has 3 aromatic rings. The topological polar surface area (TPSA) is 110 Å². The van der Waals surface area contributed by atoms with Crippen LogP contribution in [-0.2, 0) is 16.1 Å². The van der Waals surface area contributed by atoms with E-state index < -0.39 is 11.9 Å². The summed E-state index contributed by atoms with van der Waals surface area (Å²) in [6, 6.07) is 4.82. The second kappa shape index (κ2) is 6.59. The molecule has 1 saturated heterocycles. The Bertz CT molecular complexity index is 1170. The second-order valence-corrected chi connectivity index (χ2v) is 7.91. The molecule has 29 heavy (non-hydrogen) atoms. The van der Waals surface area contributed by atoms with E-state index in [9.17, 15) is 14.4 Å². The predicted octanol–water partition coefficient (Wildman–Crippen LogP) is 1.46. The number of fused-ring (bicyclic) bond motifs is 1. The van der Waals surface area contributed by atoms with Gasteiger partial charge in [-0.2, -0.15) is 0 Å². The molecule has 1 fully saturated rings. The van der Waals surface area contributed by atoms with Crippen molar-refractivity contribution < 1.29 is 14.4 Å². The Labute approximate surface area is 169 Å². The van der Waals surface area contributed by atoms with Crippen LogP contribution in [0.2, 0.25) is 0 Å². The monoisotopic (exact) mass is 408 g/mol. The van der Waals surface area contributed by atoms with Gasteiger partial charge in [0, 0.05) is 18.5 Å². The first-order valence-corrected chi connectivity index (χ1v) is 10.00. The summed E-state index contributed by atoms with van der Waals surface area (Å²) >= 11 is 1.51. The van der Waals surface area contributed by atoms with Gasteiger partial charge in [0.2, 0.25) is 11.8 Å². The molecule has 0 radical (unpaired) electrons. The van der Waals surface area contributed by atoms with Crippen LogP contribution in [0.3, 0.4) is 0 Å². The Morgan fingerprint density at radius 1 is 1.24 bits per heavy atom. The first kappa shape index (κ1) is 17.7. The summed E-state index contributed by atoms with van der Waals surface area (Å²) < 4.78 is 1.66. The van der Waals surface area contributed by atoms with E-state index in [4.69, 9.17) is 0 Å². The molecule has 4 heterocycles. The first-order valence-electron chi connectivity index (χ1n) is 9.12. The number of nitrogens with zero attached hydrogens (tertiary/aromatic N) is 5. The van der Waals surface area contributed by atoms with E-state index in [1.165, 1.54) is 16.2 Å². The average Bonchev–Trinajstić information content (AvgIpc) is 3.41. The van der Waals surface area contributed by atoms with Crippen molar-refractivity contribution in [2.45, 2.75) is 32.4 Å². The molecule has 2 aromatic heterocycles. The quantitative estimate of drug-likeness (QED) is 0.657. The Balaban J connectivity index is 1.42. The molecule has 2 aliphatic rings. The highest BCUT2D eigenvalue weighted by atomic mass is 32.1. The molecule has 146 valence electrons. The number of hydrogen-bond donors (Lipinski definition) is 1. The molecule has 0 saturated carbocycles. The smallest absolute Gasteiger partial charge is 0.255 e. The number of aromatic nitrogens is 4. The van der Waals surface area contributed by atoms with Crippen LogP contribution < -0.4 is 5.32 Å². The van der Waals surface area contributed by atoms with E-state index in [-0.39, 0.29) is 18.2 Å². The van der Waals surface area contributed by atoms with Gasteiger partial charge in [-0.15, -0.1) is 16.4 Å². The fourth-order valence-electron chi connectivity index (χ4n) is 3.75. The lowest BCUT2D eigenvalue weighted by Gasteiger charge is -2.29. The summed E-state index contributed by atoms with van der Waals surface area (Å²) in [5.41, 5.74) is 5.59. The number of amides is 3. The van der Waals surface area contributed by atoms with E-state index in [0.717, 1.165) is 27.5 Å². The summed E-state index contributed by atoms with van der Waals surface area (Å²) in [7, 11) is 0. The number of imide groups is 1. The Hall–Kier alpha value is -3.40. The van der Waals surface area contributed by atoms with Crippen molar-refractivity contribution in [2.24, 2.45) is 0 Å². The van der Waals surface area contributed by atoms with Gasteiger partial charge in [0.25, 0.3) is 5.91 Å². The zero-order chi connectivity index (χ0) is 20.1. The van der Waals surface area contributed by atoms with Crippen LogP contribution in [0.15, 0.2) is 29.9 Å². The zero-order valence-corrected chi connectivity index (χ0v) is 16.3. The lowest BCUT2D eigenvalue weighted by molar-refractivity contribution is -0.136. The molecule has 3 amide bonds. The maximum absolute atomic E-state index is 12.8. The normalized spacial score (nSPS) is 18.9. The summed E-state index contributed by atoms with van der Waals surface area (Å²) in [4.78, 5) is 43.1. The minimum absolute atomic E-state index is 0.194. The van der Waals surface area contributed by atoms with Crippen LogP contribution in [-0.4, -0.2) is 48.6 Å². The van der Waals surface area contributed by atoms with Gasteiger partial charge < -0.3 is 4.90 Å². The van der Waals surface area contributed by atoms with Crippen molar-refractivity contribution in [1.82, 2.24) is 30.2 Å². The number of nitrogens with one attached hydrogen (secondary N) is 1. The molecule has 2 aliphatic heterocycles.